The highest BCUT2D eigenvalue weighted by Gasteiger charge is 2.22. The van der Waals surface area contributed by atoms with Gasteiger partial charge in [-0.1, -0.05) is 12.1 Å². The number of anilines is 1. The lowest BCUT2D eigenvalue weighted by molar-refractivity contribution is -0.116. The third-order valence-corrected chi connectivity index (χ3v) is 6.28. The molecule has 0 aliphatic rings. The molecule has 1 N–H and O–H groups in total. The van der Waals surface area contributed by atoms with Gasteiger partial charge in [0.1, 0.15) is 4.90 Å². The lowest BCUT2D eigenvalue weighted by atomic mass is 10.2. The fraction of sp³-hybridized carbons (Fsp3) is 0.235. The summed E-state index contributed by atoms with van der Waals surface area (Å²) < 4.78 is 31.4. The molecular formula is C17H18N4O4S2. The number of aryl methyl sites for hydroxylation is 1. The monoisotopic (exact) mass is 406 g/mol. The second-order valence-electron chi connectivity index (χ2n) is 5.84. The molecule has 0 saturated carbocycles. The smallest absolute Gasteiger partial charge is 0.248 e. The van der Waals surface area contributed by atoms with E-state index in [1.165, 1.54) is 31.5 Å². The first kappa shape index (κ1) is 19.2. The number of amides is 1. The maximum absolute atomic E-state index is 12.4. The molecule has 0 spiro atoms. The summed E-state index contributed by atoms with van der Waals surface area (Å²) in [5.74, 6) is 0.418. The minimum absolute atomic E-state index is 0.0425. The first-order chi connectivity index (χ1) is 12.9. The normalized spacial score (nSPS) is 11.7. The van der Waals surface area contributed by atoms with E-state index < -0.39 is 10.0 Å². The molecule has 0 fully saturated rings. The number of benzene rings is 1. The van der Waals surface area contributed by atoms with Crippen molar-refractivity contribution in [2.45, 2.75) is 17.7 Å². The van der Waals surface area contributed by atoms with Crippen molar-refractivity contribution < 1.29 is 17.6 Å². The molecule has 27 heavy (non-hydrogen) atoms. The number of hydrogen-bond donors (Lipinski definition) is 1. The van der Waals surface area contributed by atoms with Gasteiger partial charge in [0.2, 0.25) is 27.7 Å². The molecule has 1 amide bonds. The summed E-state index contributed by atoms with van der Waals surface area (Å²) in [6, 6.07) is 8.15. The Bertz CT molecular complexity index is 1030. The summed E-state index contributed by atoms with van der Waals surface area (Å²) in [4.78, 5) is 12.3. The van der Waals surface area contributed by atoms with Gasteiger partial charge in [0, 0.05) is 37.9 Å². The molecule has 1 aromatic carbocycles. The summed E-state index contributed by atoms with van der Waals surface area (Å²) in [6.07, 6.45) is 0.340. The molecule has 2 heterocycles. The van der Waals surface area contributed by atoms with Crippen molar-refractivity contribution in [1.29, 1.82) is 0 Å². The maximum Gasteiger partial charge on any atom is 0.248 e. The Morgan fingerprint density at radius 3 is 2.70 bits per heavy atom. The van der Waals surface area contributed by atoms with E-state index in [4.69, 9.17) is 4.42 Å². The number of para-hydroxylation sites is 1. The minimum atomic E-state index is -3.66. The highest BCUT2D eigenvalue weighted by atomic mass is 32.2. The van der Waals surface area contributed by atoms with Crippen LogP contribution in [0.1, 0.15) is 12.3 Å². The lowest BCUT2D eigenvalue weighted by Crippen LogP contribution is -2.24. The summed E-state index contributed by atoms with van der Waals surface area (Å²) in [6.45, 7) is 0. The van der Waals surface area contributed by atoms with Crippen LogP contribution in [0.2, 0.25) is 0 Å². The van der Waals surface area contributed by atoms with Crippen LogP contribution in [0.5, 0.6) is 0 Å². The average molecular weight is 406 g/mol. The molecule has 0 aliphatic carbocycles. The topological polar surface area (TPSA) is 105 Å². The number of nitrogens with one attached hydrogen (secondary N) is 1. The minimum Gasteiger partial charge on any atom is -0.421 e. The third-order valence-electron chi connectivity index (χ3n) is 3.72. The van der Waals surface area contributed by atoms with Gasteiger partial charge in [-0.05, 0) is 23.6 Å². The van der Waals surface area contributed by atoms with E-state index in [0.29, 0.717) is 11.8 Å². The van der Waals surface area contributed by atoms with E-state index >= 15 is 0 Å². The van der Waals surface area contributed by atoms with Crippen LogP contribution >= 0.6 is 11.3 Å². The molecule has 3 rings (SSSR count). The summed E-state index contributed by atoms with van der Waals surface area (Å²) in [5.41, 5.74) is 1.08. The zero-order valence-corrected chi connectivity index (χ0v) is 16.4. The van der Waals surface area contributed by atoms with Gasteiger partial charge in [-0.2, -0.15) is 11.3 Å². The van der Waals surface area contributed by atoms with Crippen LogP contribution in [0, 0.1) is 0 Å². The fourth-order valence-electron chi connectivity index (χ4n) is 2.28. The van der Waals surface area contributed by atoms with Crippen molar-refractivity contribution in [3.05, 3.63) is 47.0 Å². The molecule has 0 radical (unpaired) electrons. The summed E-state index contributed by atoms with van der Waals surface area (Å²) >= 11 is 1.52. The Kier molecular flexibility index (Phi) is 5.68. The van der Waals surface area contributed by atoms with Crippen molar-refractivity contribution in [2.24, 2.45) is 0 Å². The first-order valence-electron chi connectivity index (χ1n) is 8.04. The Morgan fingerprint density at radius 2 is 2.00 bits per heavy atom. The lowest BCUT2D eigenvalue weighted by Gasteiger charge is -2.15. The molecule has 0 atom stereocenters. The number of hydrogen-bond acceptors (Lipinski definition) is 7. The van der Waals surface area contributed by atoms with Crippen LogP contribution in [-0.2, 0) is 21.2 Å². The Labute approximate surface area is 160 Å². The van der Waals surface area contributed by atoms with Gasteiger partial charge >= 0.3 is 0 Å². The van der Waals surface area contributed by atoms with Crippen molar-refractivity contribution in [1.82, 2.24) is 14.5 Å². The Balaban J connectivity index is 1.65. The zero-order valence-electron chi connectivity index (χ0n) is 14.7. The van der Waals surface area contributed by atoms with Crippen LogP contribution in [0.15, 0.2) is 50.4 Å². The molecule has 0 unspecified atom stereocenters. The van der Waals surface area contributed by atoms with Crippen LogP contribution in [0.4, 0.5) is 5.69 Å². The van der Waals surface area contributed by atoms with Gasteiger partial charge in [0.25, 0.3) is 0 Å². The van der Waals surface area contributed by atoms with E-state index in [1.54, 1.807) is 18.2 Å². The molecule has 142 valence electrons. The average Bonchev–Trinajstić information content (AvgIpc) is 3.31. The van der Waals surface area contributed by atoms with E-state index in [0.717, 1.165) is 9.87 Å². The molecule has 8 nitrogen and oxygen atoms in total. The van der Waals surface area contributed by atoms with Gasteiger partial charge in [0.05, 0.1) is 5.69 Å². The van der Waals surface area contributed by atoms with Crippen LogP contribution in [0.25, 0.3) is 11.5 Å². The van der Waals surface area contributed by atoms with E-state index in [-0.39, 0.29) is 29.3 Å². The molecule has 0 saturated heterocycles. The van der Waals surface area contributed by atoms with Crippen molar-refractivity contribution in [3.63, 3.8) is 0 Å². The number of carbonyl (C=O) groups is 1. The van der Waals surface area contributed by atoms with Crippen LogP contribution in [-0.4, -0.2) is 42.9 Å². The second-order valence-corrected chi connectivity index (χ2v) is 8.75. The number of aromatic nitrogens is 2. The molecule has 2 aromatic heterocycles. The molecule has 0 aliphatic heterocycles. The third kappa shape index (κ3) is 4.41. The van der Waals surface area contributed by atoms with Gasteiger partial charge in [-0.3, -0.25) is 4.79 Å². The number of thiophene rings is 1. The van der Waals surface area contributed by atoms with Crippen molar-refractivity contribution in [3.8, 4) is 11.5 Å². The quantitative estimate of drug-likeness (QED) is 0.647. The van der Waals surface area contributed by atoms with Crippen molar-refractivity contribution >= 4 is 33.0 Å². The largest absolute Gasteiger partial charge is 0.421 e. The van der Waals surface area contributed by atoms with Gasteiger partial charge in [-0.15, -0.1) is 10.2 Å². The molecule has 10 heteroatoms. The highest BCUT2D eigenvalue weighted by molar-refractivity contribution is 7.89. The van der Waals surface area contributed by atoms with Crippen LogP contribution in [0.3, 0.4) is 0 Å². The first-order valence-corrected chi connectivity index (χ1v) is 10.4. The fourth-order valence-corrected chi connectivity index (χ4v) is 3.95. The number of nitrogens with zero attached hydrogens (tertiary/aromatic N) is 3. The van der Waals surface area contributed by atoms with E-state index in [2.05, 4.69) is 15.5 Å². The van der Waals surface area contributed by atoms with Crippen LogP contribution < -0.4 is 5.32 Å². The molecular weight excluding hydrogens is 388 g/mol. The predicted molar refractivity (Wildman–Crippen MR) is 102 cm³/mol. The Morgan fingerprint density at radius 1 is 1.22 bits per heavy atom. The SMILES string of the molecule is CN(C)S(=O)(=O)c1ccccc1NC(=O)CCc1nnc(-c2ccsc2)o1. The van der Waals surface area contributed by atoms with E-state index in [9.17, 15) is 13.2 Å². The summed E-state index contributed by atoms with van der Waals surface area (Å²) in [5, 5.41) is 14.3. The zero-order chi connectivity index (χ0) is 19.4. The van der Waals surface area contributed by atoms with Gasteiger partial charge < -0.3 is 9.73 Å². The van der Waals surface area contributed by atoms with Gasteiger partial charge in [-0.25, -0.2) is 12.7 Å². The molecule has 0 bridgehead atoms. The maximum atomic E-state index is 12.4. The number of sulfonamides is 1. The standard InChI is InChI=1S/C17H18N4O4S2/c1-21(2)27(23,24)14-6-4-3-5-13(14)18-15(22)7-8-16-19-20-17(25-16)12-9-10-26-11-12/h3-6,9-11H,7-8H2,1-2H3,(H,18,22). The van der Waals surface area contributed by atoms with E-state index in [1.807, 2.05) is 16.8 Å². The van der Waals surface area contributed by atoms with Crippen molar-refractivity contribution in [2.75, 3.05) is 19.4 Å². The number of rotatable bonds is 7. The number of carbonyl (C=O) groups excluding carboxylic acids is 1. The Hall–Kier alpha value is -2.56. The summed E-state index contributed by atoms with van der Waals surface area (Å²) in [7, 11) is -0.785. The molecule has 3 aromatic rings. The highest BCUT2D eigenvalue weighted by Crippen LogP contribution is 2.24. The van der Waals surface area contributed by atoms with Gasteiger partial charge in [0.15, 0.2) is 0 Å². The predicted octanol–water partition coefficient (Wildman–Crippen LogP) is 2.62. The second kappa shape index (κ2) is 7.99.